The summed E-state index contributed by atoms with van der Waals surface area (Å²) in [6, 6.07) is 7.24. The highest BCUT2D eigenvalue weighted by atomic mass is 16.5. The SMILES string of the molecule is CCOC(=O)/C=C(C)\C=C\[C@@H]1C[C@]1(C)c1ccc2c(c1)C(C)(C)CCC2(C)C. The summed E-state index contributed by atoms with van der Waals surface area (Å²) in [4.78, 5) is 11.6. The van der Waals surface area contributed by atoms with Crippen LogP contribution in [0.15, 0.2) is 42.0 Å². The molecule has 2 nitrogen and oxygen atoms in total. The molecule has 0 aliphatic heterocycles. The lowest BCUT2D eigenvalue weighted by atomic mass is 9.62. The molecule has 1 aromatic rings. The third-order valence-corrected chi connectivity index (χ3v) is 7.04. The molecule has 0 saturated heterocycles. The monoisotopic (exact) mass is 380 g/mol. The molecule has 2 aliphatic rings. The van der Waals surface area contributed by atoms with E-state index in [0.717, 1.165) is 5.57 Å². The van der Waals surface area contributed by atoms with Gasteiger partial charge in [-0.25, -0.2) is 4.79 Å². The molecule has 1 saturated carbocycles. The van der Waals surface area contributed by atoms with E-state index < -0.39 is 0 Å². The highest BCUT2D eigenvalue weighted by molar-refractivity contribution is 5.83. The van der Waals surface area contributed by atoms with E-state index in [0.29, 0.717) is 12.5 Å². The fraction of sp³-hybridized carbons (Fsp3) is 0.577. The first-order chi connectivity index (χ1) is 13.0. The highest BCUT2D eigenvalue weighted by Gasteiger charge is 2.50. The molecule has 28 heavy (non-hydrogen) atoms. The second-order valence-corrected chi connectivity index (χ2v) is 10.3. The van der Waals surface area contributed by atoms with Crippen molar-refractivity contribution >= 4 is 5.97 Å². The van der Waals surface area contributed by atoms with Crippen molar-refractivity contribution in [3.63, 3.8) is 0 Å². The van der Waals surface area contributed by atoms with Gasteiger partial charge in [-0.05, 0) is 77.5 Å². The number of carbonyl (C=O) groups excluding carboxylic acids is 1. The van der Waals surface area contributed by atoms with Crippen LogP contribution in [0.4, 0.5) is 0 Å². The fourth-order valence-electron chi connectivity index (χ4n) is 4.64. The normalized spacial score (nSPS) is 28.1. The zero-order chi connectivity index (χ0) is 20.7. The van der Waals surface area contributed by atoms with E-state index >= 15 is 0 Å². The molecule has 0 radical (unpaired) electrons. The van der Waals surface area contributed by atoms with Crippen LogP contribution in [-0.4, -0.2) is 12.6 Å². The third-order valence-electron chi connectivity index (χ3n) is 7.04. The highest BCUT2D eigenvalue weighted by Crippen LogP contribution is 2.56. The summed E-state index contributed by atoms with van der Waals surface area (Å²) < 4.78 is 4.99. The van der Waals surface area contributed by atoms with E-state index in [1.54, 1.807) is 6.08 Å². The molecule has 1 aromatic carbocycles. The molecule has 3 rings (SSSR count). The second-order valence-electron chi connectivity index (χ2n) is 10.3. The van der Waals surface area contributed by atoms with E-state index in [-0.39, 0.29) is 22.2 Å². The maximum atomic E-state index is 11.6. The quantitative estimate of drug-likeness (QED) is 0.336. The van der Waals surface area contributed by atoms with Gasteiger partial charge in [0.15, 0.2) is 0 Å². The van der Waals surface area contributed by atoms with Crippen molar-refractivity contribution < 1.29 is 9.53 Å². The van der Waals surface area contributed by atoms with Gasteiger partial charge in [-0.2, -0.15) is 0 Å². The number of hydrogen-bond acceptors (Lipinski definition) is 2. The minimum Gasteiger partial charge on any atom is -0.463 e. The van der Waals surface area contributed by atoms with Gasteiger partial charge in [-0.15, -0.1) is 0 Å². The van der Waals surface area contributed by atoms with Gasteiger partial charge in [0, 0.05) is 6.08 Å². The molecule has 0 bridgehead atoms. The van der Waals surface area contributed by atoms with E-state index in [2.05, 4.69) is 65.0 Å². The Bertz CT molecular complexity index is 825. The number of hydrogen-bond donors (Lipinski definition) is 0. The Hall–Kier alpha value is -1.83. The number of allylic oxidation sites excluding steroid dienone is 3. The first kappa shape index (κ1) is 20.9. The first-order valence-corrected chi connectivity index (χ1v) is 10.7. The summed E-state index contributed by atoms with van der Waals surface area (Å²) in [6.45, 7) is 16.1. The number of ether oxygens (including phenoxy) is 1. The minimum atomic E-state index is -0.261. The smallest absolute Gasteiger partial charge is 0.330 e. The number of esters is 1. The van der Waals surface area contributed by atoms with Crippen LogP contribution in [0.5, 0.6) is 0 Å². The van der Waals surface area contributed by atoms with Gasteiger partial charge in [0.1, 0.15) is 0 Å². The van der Waals surface area contributed by atoms with E-state index in [4.69, 9.17) is 4.74 Å². The topological polar surface area (TPSA) is 26.3 Å². The number of rotatable bonds is 5. The minimum absolute atomic E-state index is 0.202. The Balaban J connectivity index is 1.80. The standard InChI is InChI=1S/C26H36O2/c1-8-28-23(27)15-18(2)9-10-20-17-26(20,7)19-11-12-21-22(16-19)25(5,6)14-13-24(21,3)4/h9-12,15-16,20H,8,13-14,17H2,1-7H3/b10-9+,18-15-/t20-,26-/m1/s1. The van der Waals surface area contributed by atoms with E-state index in [1.165, 1.54) is 36.0 Å². The van der Waals surface area contributed by atoms with Crippen molar-refractivity contribution in [2.24, 2.45) is 5.92 Å². The van der Waals surface area contributed by atoms with Crippen molar-refractivity contribution in [2.45, 2.75) is 84.0 Å². The molecule has 0 spiro atoms. The molecule has 2 aliphatic carbocycles. The van der Waals surface area contributed by atoms with E-state index in [9.17, 15) is 4.79 Å². The van der Waals surface area contributed by atoms with E-state index in [1.807, 2.05) is 13.8 Å². The molecular formula is C26H36O2. The lowest BCUT2D eigenvalue weighted by Crippen LogP contribution is -2.34. The number of fused-ring (bicyclic) bond motifs is 1. The Labute approximate surface area is 171 Å². The molecule has 2 heteroatoms. The van der Waals surface area contributed by atoms with Gasteiger partial charge in [0.25, 0.3) is 0 Å². The molecule has 0 aromatic heterocycles. The fourth-order valence-corrected chi connectivity index (χ4v) is 4.64. The Kier molecular flexibility index (Phi) is 5.38. The molecule has 0 unspecified atom stereocenters. The van der Waals surface area contributed by atoms with Crippen LogP contribution in [0, 0.1) is 5.92 Å². The van der Waals surface area contributed by atoms with Gasteiger partial charge in [0.05, 0.1) is 6.61 Å². The Morgan fingerprint density at radius 1 is 1.11 bits per heavy atom. The molecule has 152 valence electrons. The summed E-state index contributed by atoms with van der Waals surface area (Å²) in [5, 5.41) is 0. The number of carbonyl (C=O) groups is 1. The zero-order valence-electron chi connectivity index (χ0n) is 18.7. The predicted molar refractivity (Wildman–Crippen MR) is 117 cm³/mol. The van der Waals surface area contributed by atoms with Gasteiger partial charge < -0.3 is 4.74 Å². The van der Waals surface area contributed by atoms with Crippen LogP contribution in [0.1, 0.15) is 84.4 Å². The zero-order valence-corrected chi connectivity index (χ0v) is 18.7. The Morgan fingerprint density at radius 3 is 2.39 bits per heavy atom. The van der Waals surface area contributed by atoms with Crippen molar-refractivity contribution in [3.8, 4) is 0 Å². The maximum absolute atomic E-state index is 11.6. The van der Waals surface area contributed by atoms with Gasteiger partial charge in [-0.3, -0.25) is 0 Å². The summed E-state index contributed by atoms with van der Waals surface area (Å²) in [5.41, 5.74) is 6.18. The second kappa shape index (κ2) is 7.21. The Morgan fingerprint density at radius 2 is 1.75 bits per heavy atom. The van der Waals surface area contributed by atoms with Crippen molar-refractivity contribution in [2.75, 3.05) is 6.61 Å². The average Bonchev–Trinajstić information content (AvgIpc) is 3.29. The molecule has 0 N–H and O–H groups in total. The largest absolute Gasteiger partial charge is 0.463 e. The molecular weight excluding hydrogens is 344 g/mol. The lowest BCUT2D eigenvalue weighted by Gasteiger charge is -2.42. The summed E-state index contributed by atoms with van der Waals surface area (Å²) in [6.07, 6.45) is 9.56. The van der Waals surface area contributed by atoms with Crippen molar-refractivity contribution in [1.82, 2.24) is 0 Å². The first-order valence-electron chi connectivity index (χ1n) is 10.7. The summed E-state index contributed by atoms with van der Waals surface area (Å²) in [5.74, 6) is 0.263. The molecule has 2 atom stereocenters. The molecule has 1 fully saturated rings. The van der Waals surface area contributed by atoms with Gasteiger partial charge in [-0.1, -0.05) is 65.0 Å². The van der Waals surface area contributed by atoms with Gasteiger partial charge in [0.2, 0.25) is 0 Å². The van der Waals surface area contributed by atoms with Crippen molar-refractivity contribution in [3.05, 3.63) is 58.7 Å². The third kappa shape index (κ3) is 3.97. The maximum Gasteiger partial charge on any atom is 0.330 e. The summed E-state index contributed by atoms with van der Waals surface area (Å²) >= 11 is 0. The van der Waals surface area contributed by atoms with Gasteiger partial charge >= 0.3 is 5.97 Å². The van der Waals surface area contributed by atoms with Crippen LogP contribution in [0.25, 0.3) is 0 Å². The summed E-state index contributed by atoms with van der Waals surface area (Å²) in [7, 11) is 0. The van der Waals surface area contributed by atoms with Crippen LogP contribution >= 0.6 is 0 Å². The predicted octanol–water partition coefficient (Wildman–Crippen LogP) is 6.38. The van der Waals surface area contributed by atoms with Crippen LogP contribution in [-0.2, 0) is 25.8 Å². The van der Waals surface area contributed by atoms with Crippen LogP contribution in [0.2, 0.25) is 0 Å². The molecule has 0 amide bonds. The molecule has 0 heterocycles. The van der Waals surface area contributed by atoms with Crippen LogP contribution in [0.3, 0.4) is 0 Å². The lowest BCUT2D eigenvalue weighted by molar-refractivity contribution is -0.137. The van der Waals surface area contributed by atoms with Crippen molar-refractivity contribution in [1.29, 1.82) is 0 Å². The number of benzene rings is 1. The average molecular weight is 381 g/mol. The van der Waals surface area contributed by atoms with Crippen LogP contribution < -0.4 is 0 Å².